The Bertz CT molecular complexity index is 4880. The van der Waals surface area contributed by atoms with E-state index < -0.39 is 5.60 Å². The van der Waals surface area contributed by atoms with Crippen molar-refractivity contribution in [3.63, 3.8) is 0 Å². The Morgan fingerprint density at radius 2 is 0.706 bits per heavy atom. The standard InChI is InChI=1S/C77H49N7O/c1-5-22-51(23-6-1)71-78-72(52-24-7-2-8-25-52)83-76(82-71)66-48-57(42-45-61(66)55-41-46-65-62-31-15-18-34-67(62)77(85-70(65)49-55,58-27-9-3-10-28-58)59-29-11-4-12-30-59)75-80-73(79-74(81-75)56-38-37-50-21-13-14-26-54(50)47-56)53-39-43-60(44-40-53)84-68-35-19-16-32-63(68)64-33-17-20-36-69(64)84/h1-49H. The summed E-state index contributed by atoms with van der Waals surface area (Å²) in [4.78, 5) is 31.8. The first-order valence-corrected chi connectivity index (χ1v) is 28.5. The van der Waals surface area contributed by atoms with E-state index >= 15 is 0 Å². The molecule has 0 atom stereocenters. The molecule has 0 radical (unpaired) electrons. The first-order chi connectivity index (χ1) is 42.1. The first kappa shape index (κ1) is 49.3. The molecule has 16 rings (SSSR count). The van der Waals surface area contributed by atoms with Gasteiger partial charge in [-0.2, -0.15) is 0 Å². The van der Waals surface area contributed by atoms with E-state index in [2.05, 4.69) is 241 Å². The highest BCUT2D eigenvalue weighted by Gasteiger charge is 2.44. The van der Waals surface area contributed by atoms with Crippen LogP contribution in [0.2, 0.25) is 0 Å². The molecule has 1 aliphatic rings. The average molecular weight is 1090 g/mol. The minimum Gasteiger partial charge on any atom is -0.472 e. The van der Waals surface area contributed by atoms with Crippen LogP contribution in [0.25, 0.3) is 129 Å². The van der Waals surface area contributed by atoms with Crippen LogP contribution in [0.3, 0.4) is 0 Å². The highest BCUT2D eigenvalue weighted by atomic mass is 16.5. The summed E-state index contributed by atoms with van der Waals surface area (Å²) in [7, 11) is 0. The molecular formula is C77H49N7O. The van der Waals surface area contributed by atoms with Gasteiger partial charge in [-0.1, -0.05) is 243 Å². The Kier molecular flexibility index (Phi) is 11.9. The molecule has 0 aliphatic carbocycles. The molecule has 0 bridgehead atoms. The second kappa shape index (κ2) is 20.5. The molecule has 4 heterocycles. The van der Waals surface area contributed by atoms with Gasteiger partial charge in [0.05, 0.1) is 11.0 Å². The lowest BCUT2D eigenvalue weighted by atomic mass is 9.75. The highest BCUT2D eigenvalue weighted by molar-refractivity contribution is 6.09. The minimum absolute atomic E-state index is 0.487. The van der Waals surface area contributed by atoms with Crippen LogP contribution in [0.15, 0.2) is 297 Å². The van der Waals surface area contributed by atoms with Crippen LogP contribution in [0, 0.1) is 0 Å². The molecule has 0 fully saturated rings. The molecular weight excluding hydrogens is 1040 g/mol. The van der Waals surface area contributed by atoms with Crippen LogP contribution in [0.4, 0.5) is 0 Å². The van der Waals surface area contributed by atoms with Crippen molar-refractivity contribution in [3.8, 4) is 102 Å². The van der Waals surface area contributed by atoms with Crippen molar-refractivity contribution in [2.75, 3.05) is 0 Å². The third kappa shape index (κ3) is 8.62. The smallest absolute Gasteiger partial charge is 0.185 e. The first-order valence-electron chi connectivity index (χ1n) is 28.5. The lowest BCUT2D eigenvalue weighted by Crippen LogP contribution is -2.38. The molecule has 8 heteroatoms. The zero-order valence-corrected chi connectivity index (χ0v) is 45.8. The van der Waals surface area contributed by atoms with Crippen molar-refractivity contribution in [1.82, 2.24) is 34.5 Å². The fourth-order valence-corrected chi connectivity index (χ4v) is 12.3. The van der Waals surface area contributed by atoms with Gasteiger partial charge in [0.2, 0.25) is 0 Å². The van der Waals surface area contributed by atoms with E-state index in [4.69, 9.17) is 34.6 Å². The maximum absolute atomic E-state index is 7.61. The third-order valence-electron chi connectivity index (χ3n) is 16.3. The monoisotopic (exact) mass is 1090 g/mol. The quantitative estimate of drug-likeness (QED) is 0.135. The fourth-order valence-electron chi connectivity index (χ4n) is 12.3. The van der Waals surface area contributed by atoms with Gasteiger partial charge in [-0.25, -0.2) is 29.9 Å². The van der Waals surface area contributed by atoms with Gasteiger partial charge in [-0.3, -0.25) is 0 Å². The Labute approximate surface area is 490 Å². The maximum atomic E-state index is 7.61. The molecule has 0 spiro atoms. The van der Waals surface area contributed by atoms with Gasteiger partial charge in [0, 0.05) is 72.1 Å². The summed E-state index contributed by atoms with van der Waals surface area (Å²) in [5, 5.41) is 4.63. The molecule has 0 N–H and O–H groups in total. The van der Waals surface area contributed by atoms with Crippen molar-refractivity contribution in [2.24, 2.45) is 0 Å². The highest BCUT2D eigenvalue weighted by Crippen LogP contribution is 2.53. The summed E-state index contributed by atoms with van der Waals surface area (Å²) >= 11 is 0. The molecule has 85 heavy (non-hydrogen) atoms. The lowest BCUT2D eigenvalue weighted by Gasteiger charge is -2.41. The topological polar surface area (TPSA) is 91.5 Å². The summed E-state index contributed by atoms with van der Waals surface area (Å²) in [6.45, 7) is 0. The Morgan fingerprint density at radius 3 is 1.32 bits per heavy atom. The van der Waals surface area contributed by atoms with Crippen molar-refractivity contribution < 1.29 is 4.74 Å². The second-order valence-corrected chi connectivity index (χ2v) is 21.4. The van der Waals surface area contributed by atoms with Crippen LogP contribution >= 0.6 is 0 Å². The lowest BCUT2D eigenvalue weighted by molar-refractivity contribution is 0.152. The van der Waals surface area contributed by atoms with Gasteiger partial charge in [0.15, 0.2) is 40.5 Å². The Balaban J connectivity index is 0.901. The number of nitrogens with zero attached hydrogens (tertiary/aromatic N) is 7. The number of fused-ring (bicyclic) bond motifs is 7. The number of benzene rings is 12. The third-order valence-corrected chi connectivity index (χ3v) is 16.3. The zero-order valence-electron chi connectivity index (χ0n) is 45.8. The number of aromatic nitrogens is 7. The van der Waals surface area contributed by atoms with Gasteiger partial charge < -0.3 is 9.30 Å². The van der Waals surface area contributed by atoms with E-state index in [1.165, 1.54) is 10.8 Å². The van der Waals surface area contributed by atoms with Crippen LogP contribution in [-0.4, -0.2) is 34.5 Å². The number of para-hydroxylation sites is 2. The summed E-state index contributed by atoms with van der Waals surface area (Å²) in [6.07, 6.45) is 0. The molecule has 15 aromatic rings. The minimum atomic E-state index is -0.953. The van der Waals surface area contributed by atoms with E-state index in [1.54, 1.807) is 0 Å². The largest absolute Gasteiger partial charge is 0.472 e. The predicted molar refractivity (Wildman–Crippen MR) is 342 cm³/mol. The zero-order chi connectivity index (χ0) is 56.3. The van der Waals surface area contributed by atoms with Gasteiger partial charge >= 0.3 is 0 Å². The summed E-state index contributed by atoms with van der Waals surface area (Å²) in [6, 6.07) is 103. The van der Waals surface area contributed by atoms with E-state index in [9.17, 15) is 0 Å². The molecule has 0 saturated carbocycles. The maximum Gasteiger partial charge on any atom is 0.185 e. The molecule has 8 nitrogen and oxygen atoms in total. The summed E-state index contributed by atoms with van der Waals surface area (Å²) in [5.41, 5.74) is 14.4. The Morgan fingerprint density at radius 1 is 0.271 bits per heavy atom. The number of hydrogen-bond donors (Lipinski definition) is 0. The summed E-state index contributed by atoms with van der Waals surface area (Å²) < 4.78 is 9.93. The molecule has 0 unspecified atom stereocenters. The Hall–Kier alpha value is -11.5. The van der Waals surface area contributed by atoms with Crippen LogP contribution in [0.5, 0.6) is 5.75 Å². The molecule has 0 saturated heterocycles. The fraction of sp³-hybridized carbons (Fsp3) is 0.0130. The van der Waals surface area contributed by atoms with Crippen LogP contribution < -0.4 is 4.74 Å². The molecule has 398 valence electrons. The SMILES string of the molecule is c1ccc(-c2nc(-c3ccccc3)nc(-c3cc(-c4nc(-c5ccc(-n6c7ccccc7c7ccccc76)cc5)nc(-c5ccc6ccccc6c5)n4)ccc3-c3ccc4c(c3)OC(c3ccccc3)(c3ccccc3)c3ccccc3-4)n2)cc1. The van der Waals surface area contributed by atoms with Crippen molar-refractivity contribution in [1.29, 1.82) is 0 Å². The number of hydrogen-bond acceptors (Lipinski definition) is 7. The van der Waals surface area contributed by atoms with Crippen molar-refractivity contribution >= 4 is 32.6 Å². The van der Waals surface area contributed by atoms with Gasteiger partial charge in [0.25, 0.3) is 0 Å². The normalized spacial score (nSPS) is 12.4. The van der Waals surface area contributed by atoms with E-state index in [0.29, 0.717) is 34.9 Å². The number of ether oxygens (including phenoxy) is 1. The molecule has 12 aromatic carbocycles. The molecule has 0 amide bonds. The molecule has 1 aliphatic heterocycles. The molecule has 3 aromatic heterocycles. The summed E-state index contributed by atoms with van der Waals surface area (Å²) in [5.74, 6) is 3.91. The van der Waals surface area contributed by atoms with Crippen molar-refractivity contribution in [3.05, 3.63) is 314 Å². The van der Waals surface area contributed by atoms with Crippen LogP contribution in [0.1, 0.15) is 16.7 Å². The number of rotatable bonds is 10. The van der Waals surface area contributed by atoms with Gasteiger partial charge in [0.1, 0.15) is 5.75 Å². The van der Waals surface area contributed by atoms with Gasteiger partial charge in [-0.05, 0) is 82.1 Å². The van der Waals surface area contributed by atoms with Gasteiger partial charge in [-0.15, -0.1) is 0 Å². The van der Waals surface area contributed by atoms with E-state index in [-0.39, 0.29) is 0 Å². The van der Waals surface area contributed by atoms with Crippen molar-refractivity contribution in [2.45, 2.75) is 5.60 Å². The van der Waals surface area contributed by atoms with Crippen LogP contribution in [-0.2, 0) is 5.60 Å². The second-order valence-electron chi connectivity index (χ2n) is 21.4. The van der Waals surface area contributed by atoms with E-state index in [1.807, 2.05) is 60.7 Å². The van der Waals surface area contributed by atoms with E-state index in [0.717, 1.165) is 106 Å². The predicted octanol–water partition coefficient (Wildman–Crippen LogP) is 18.3. The average Bonchev–Trinajstić information content (AvgIpc) is 2.04.